The summed E-state index contributed by atoms with van der Waals surface area (Å²) in [4.78, 5) is 3.79. The molecule has 0 radical (unpaired) electrons. The Kier molecular flexibility index (Phi) is 3.71. The van der Waals surface area contributed by atoms with Gasteiger partial charge in [-0.05, 0) is 12.1 Å². The summed E-state index contributed by atoms with van der Waals surface area (Å²) in [6.45, 7) is 0.127. The average molecular weight is 236 g/mol. The summed E-state index contributed by atoms with van der Waals surface area (Å²) in [5, 5.41) is 0.375. The van der Waals surface area contributed by atoms with Crippen LogP contribution in [-0.4, -0.2) is 32.0 Å². The maximum atomic E-state index is 10.8. The molecule has 14 heavy (non-hydrogen) atoms. The number of sulfone groups is 1. The Balaban J connectivity index is 2.43. The fourth-order valence-corrected chi connectivity index (χ4v) is 1.26. The van der Waals surface area contributed by atoms with Crippen LogP contribution in [0.5, 0.6) is 5.75 Å². The standard InChI is InChI=1S/C8H10ClNO3S/c1-14(11,12)5-4-13-7-2-3-8(9)10-6-7/h2-3,6H,4-5H2,1H3. The van der Waals surface area contributed by atoms with Crippen LogP contribution in [0, 0.1) is 0 Å². The molecule has 0 unspecified atom stereocenters. The minimum Gasteiger partial charge on any atom is -0.491 e. The maximum Gasteiger partial charge on any atom is 0.150 e. The Hall–Kier alpha value is -0.810. The van der Waals surface area contributed by atoms with Crippen LogP contribution in [0.15, 0.2) is 18.3 Å². The van der Waals surface area contributed by atoms with E-state index >= 15 is 0 Å². The summed E-state index contributed by atoms with van der Waals surface area (Å²) in [7, 11) is -2.97. The molecule has 0 atom stereocenters. The molecular weight excluding hydrogens is 226 g/mol. The SMILES string of the molecule is CS(=O)(=O)CCOc1ccc(Cl)nc1. The molecule has 0 aliphatic carbocycles. The molecule has 0 fully saturated rings. The van der Waals surface area contributed by atoms with Gasteiger partial charge in [0, 0.05) is 6.26 Å². The predicted molar refractivity (Wildman–Crippen MR) is 54.5 cm³/mol. The fourth-order valence-electron chi connectivity index (χ4n) is 0.759. The minimum atomic E-state index is -2.97. The highest BCUT2D eigenvalue weighted by Crippen LogP contribution is 2.11. The Morgan fingerprint density at radius 3 is 2.71 bits per heavy atom. The highest BCUT2D eigenvalue weighted by molar-refractivity contribution is 7.90. The average Bonchev–Trinajstić information content (AvgIpc) is 2.06. The molecule has 0 aliphatic rings. The van der Waals surface area contributed by atoms with Crippen molar-refractivity contribution in [3.63, 3.8) is 0 Å². The number of halogens is 1. The van der Waals surface area contributed by atoms with E-state index in [1.807, 2.05) is 0 Å². The van der Waals surface area contributed by atoms with Gasteiger partial charge in [0.2, 0.25) is 0 Å². The molecule has 78 valence electrons. The van der Waals surface area contributed by atoms with Crippen molar-refractivity contribution in [1.82, 2.24) is 4.98 Å². The maximum absolute atomic E-state index is 10.8. The van der Waals surface area contributed by atoms with E-state index < -0.39 is 9.84 Å². The van der Waals surface area contributed by atoms with Gasteiger partial charge in [0.05, 0.1) is 11.9 Å². The van der Waals surface area contributed by atoms with E-state index in [1.165, 1.54) is 6.20 Å². The van der Waals surface area contributed by atoms with Gasteiger partial charge in [-0.2, -0.15) is 0 Å². The summed E-state index contributed by atoms with van der Waals surface area (Å²) in [6.07, 6.45) is 2.61. The molecule has 1 rings (SSSR count). The van der Waals surface area contributed by atoms with Crippen molar-refractivity contribution in [2.45, 2.75) is 0 Å². The third-order valence-corrected chi connectivity index (χ3v) is 2.55. The van der Waals surface area contributed by atoms with E-state index in [9.17, 15) is 8.42 Å². The number of rotatable bonds is 4. The highest BCUT2D eigenvalue weighted by atomic mass is 35.5. The molecule has 4 nitrogen and oxygen atoms in total. The van der Waals surface area contributed by atoms with Crippen LogP contribution in [-0.2, 0) is 9.84 Å². The molecule has 0 aliphatic heterocycles. The van der Waals surface area contributed by atoms with Crippen LogP contribution in [0.4, 0.5) is 0 Å². The summed E-state index contributed by atoms with van der Waals surface area (Å²) < 4.78 is 26.7. The molecule has 0 N–H and O–H groups in total. The van der Waals surface area contributed by atoms with E-state index in [4.69, 9.17) is 16.3 Å². The van der Waals surface area contributed by atoms with Gasteiger partial charge in [-0.25, -0.2) is 13.4 Å². The van der Waals surface area contributed by atoms with Gasteiger partial charge in [0.25, 0.3) is 0 Å². The first-order valence-corrected chi connectivity index (χ1v) is 6.33. The van der Waals surface area contributed by atoms with Crippen LogP contribution in [0.25, 0.3) is 0 Å². The van der Waals surface area contributed by atoms with Crippen molar-refractivity contribution >= 4 is 21.4 Å². The molecule has 1 aromatic heterocycles. The van der Waals surface area contributed by atoms with E-state index in [0.717, 1.165) is 6.26 Å². The van der Waals surface area contributed by atoms with Crippen LogP contribution >= 0.6 is 11.6 Å². The highest BCUT2D eigenvalue weighted by Gasteiger charge is 2.02. The third-order valence-electron chi connectivity index (χ3n) is 1.42. The van der Waals surface area contributed by atoms with Crippen LogP contribution in [0.1, 0.15) is 0 Å². The lowest BCUT2D eigenvalue weighted by molar-refractivity contribution is 0.339. The van der Waals surface area contributed by atoms with Gasteiger partial charge < -0.3 is 4.74 Å². The zero-order chi connectivity index (χ0) is 10.6. The lowest BCUT2D eigenvalue weighted by Crippen LogP contribution is -2.12. The lowest BCUT2D eigenvalue weighted by Gasteiger charge is -2.03. The molecule has 1 aromatic rings. The van der Waals surface area contributed by atoms with E-state index in [-0.39, 0.29) is 12.4 Å². The zero-order valence-electron chi connectivity index (χ0n) is 7.60. The topological polar surface area (TPSA) is 56.3 Å². The first kappa shape index (κ1) is 11.3. The molecule has 0 spiro atoms. The minimum absolute atomic E-state index is 0.00434. The predicted octanol–water partition coefficient (Wildman–Crippen LogP) is 1.16. The van der Waals surface area contributed by atoms with Crippen molar-refractivity contribution in [2.75, 3.05) is 18.6 Å². The lowest BCUT2D eigenvalue weighted by atomic mass is 10.5. The number of hydrogen-bond donors (Lipinski definition) is 0. The van der Waals surface area contributed by atoms with E-state index in [0.29, 0.717) is 10.9 Å². The molecule has 1 heterocycles. The normalized spacial score (nSPS) is 11.3. The fraction of sp³-hybridized carbons (Fsp3) is 0.375. The molecular formula is C8H10ClNO3S. The molecule has 0 aromatic carbocycles. The first-order chi connectivity index (χ1) is 6.47. The Bertz CT molecular complexity index is 388. The Labute approximate surface area is 87.8 Å². The quantitative estimate of drug-likeness (QED) is 0.735. The molecule has 6 heteroatoms. The van der Waals surface area contributed by atoms with Gasteiger partial charge in [0.1, 0.15) is 17.5 Å². The molecule has 0 saturated heterocycles. The van der Waals surface area contributed by atoms with Crippen molar-refractivity contribution in [3.8, 4) is 5.75 Å². The summed E-state index contributed by atoms with van der Waals surface area (Å²) in [6, 6.07) is 3.22. The van der Waals surface area contributed by atoms with Crippen molar-refractivity contribution in [1.29, 1.82) is 0 Å². The van der Waals surface area contributed by atoms with Gasteiger partial charge >= 0.3 is 0 Å². The van der Waals surface area contributed by atoms with Crippen molar-refractivity contribution in [2.24, 2.45) is 0 Å². The van der Waals surface area contributed by atoms with Gasteiger partial charge in [-0.1, -0.05) is 11.6 Å². The smallest absolute Gasteiger partial charge is 0.150 e. The number of pyridine rings is 1. The van der Waals surface area contributed by atoms with Gasteiger partial charge in [0.15, 0.2) is 9.84 Å². The molecule has 0 bridgehead atoms. The Morgan fingerprint density at radius 1 is 1.50 bits per heavy atom. The summed E-state index contributed by atoms with van der Waals surface area (Å²) in [5.74, 6) is 0.508. The third kappa shape index (κ3) is 4.43. The Morgan fingerprint density at radius 2 is 2.21 bits per heavy atom. The second-order valence-corrected chi connectivity index (χ2v) is 5.44. The largest absolute Gasteiger partial charge is 0.491 e. The zero-order valence-corrected chi connectivity index (χ0v) is 9.18. The van der Waals surface area contributed by atoms with Crippen LogP contribution in [0.3, 0.4) is 0 Å². The van der Waals surface area contributed by atoms with Crippen LogP contribution < -0.4 is 4.74 Å². The van der Waals surface area contributed by atoms with Crippen molar-refractivity contribution < 1.29 is 13.2 Å². The second kappa shape index (κ2) is 4.61. The summed E-state index contributed by atoms with van der Waals surface area (Å²) in [5.41, 5.74) is 0. The second-order valence-electron chi connectivity index (χ2n) is 2.79. The van der Waals surface area contributed by atoms with Crippen LogP contribution in [0.2, 0.25) is 5.15 Å². The van der Waals surface area contributed by atoms with Crippen molar-refractivity contribution in [3.05, 3.63) is 23.5 Å². The molecule has 0 saturated carbocycles. The van der Waals surface area contributed by atoms with E-state index in [1.54, 1.807) is 12.1 Å². The monoisotopic (exact) mass is 235 g/mol. The summed E-state index contributed by atoms with van der Waals surface area (Å²) >= 11 is 5.56. The molecule has 0 amide bonds. The van der Waals surface area contributed by atoms with Gasteiger partial charge in [-0.3, -0.25) is 0 Å². The van der Waals surface area contributed by atoms with E-state index in [2.05, 4.69) is 4.98 Å². The number of hydrogen-bond acceptors (Lipinski definition) is 4. The number of nitrogens with zero attached hydrogens (tertiary/aromatic N) is 1. The first-order valence-electron chi connectivity index (χ1n) is 3.89. The van der Waals surface area contributed by atoms with Gasteiger partial charge in [-0.15, -0.1) is 0 Å². The number of ether oxygens (including phenoxy) is 1. The number of aromatic nitrogens is 1.